The summed E-state index contributed by atoms with van der Waals surface area (Å²) in [4.78, 5) is 11.0. The lowest BCUT2D eigenvalue weighted by Crippen LogP contribution is -2.20. The zero-order chi connectivity index (χ0) is 15.4. The standard InChI is InChI=1S/C15H20N4O2/c1-3-11-12(8-16)14(19-18-13(11)4-2)17-10-6-5-9(7-10)15(20)21/h9-10H,3-7H2,1-2H3,(H,17,19)(H,20,21)/t9-,10+/m1/s1. The highest BCUT2D eigenvalue weighted by atomic mass is 16.4. The third kappa shape index (κ3) is 3.13. The van der Waals surface area contributed by atoms with E-state index in [0.717, 1.165) is 30.5 Å². The first kappa shape index (κ1) is 15.2. The summed E-state index contributed by atoms with van der Waals surface area (Å²) >= 11 is 0. The summed E-state index contributed by atoms with van der Waals surface area (Å²) < 4.78 is 0. The minimum atomic E-state index is -0.749. The van der Waals surface area contributed by atoms with Gasteiger partial charge in [-0.05, 0) is 37.7 Å². The molecule has 0 bridgehead atoms. The number of carbonyl (C=O) groups is 1. The van der Waals surface area contributed by atoms with Gasteiger partial charge < -0.3 is 10.4 Å². The van der Waals surface area contributed by atoms with Crippen molar-refractivity contribution in [1.82, 2.24) is 10.2 Å². The average molecular weight is 288 g/mol. The molecule has 0 aliphatic heterocycles. The van der Waals surface area contributed by atoms with Crippen LogP contribution in [0.25, 0.3) is 0 Å². The van der Waals surface area contributed by atoms with Crippen LogP contribution in [0.5, 0.6) is 0 Å². The van der Waals surface area contributed by atoms with Gasteiger partial charge in [0.25, 0.3) is 0 Å². The second kappa shape index (κ2) is 6.53. The summed E-state index contributed by atoms with van der Waals surface area (Å²) in [5, 5.41) is 30.0. The lowest BCUT2D eigenvalue weighted by molar-refractivity contribution is -0.141. The zero-order valence-electron chi connectivity index (χ0n) is 12.4. The van der Waals surface area contributed by atoms with Crippen LogP contribution < -0.4 is 5.32 Å². The van der Waals surface area contributed by atoms with E-state index in [1.807, 2.05) is 13.8 Å². The van der Waals surface area contributed by atoms with Crippen molar-refractivity contribution in [2.24, 2.45) is 5.92 Å². The summed E-state index contributed by atoms with van der Waals surface area (Å²) in [6.45, 7) is 3.99. The maximum Gasteiger partial charge on any atom is 0.306 e. The van der Waals surface area contributed by atoms with Gasteiger partial charge in [0.05, 0.1) is 11.6 Å². The van der Waals surface area contributed by atoms with Crippen LogP contribution >= 0.6 is 0 Å². The van der Waals surface area contributed by atoms with E-state index >= 15 is 0 Å². The number of hydrogen-bond donors (Lipinski definition) is 2. The molecule has 1 saturated carbocycles. The lowest BCUT2D eigenvalue weighted by atomic mass is 10.0. The Hall–Kier alpha value is -2.16. The average Bonchev–Trinajstić information content (AvgIpc) is 2.95. The van der Waals surface area contributed by atoms with Gasteiger partial charge in [0, 0.05) is 6.04 Å². The van der Waals surface area contributed by atoms with E-state index in [1.54, 1.807) is 0 Å². The fraction of sp³-hybridized carbons (Fsp3) is 0.600. The van der Waals surface area contributed by atoms with Crippen LogP contribution in [0.4, 0.5) is 5.82 Å². The number of rotatable bonds is 5. The van der Waals surface area contributed by atoms with Crippen LogP contribution in [-0.4, -0.2) is 27.3 Å². The molecule has 2 N–H and O–H groups in total. The van der Waals surface area contributed by atoms with E-state index in [9.17, 15) is 10.1 Å². The number of anilines is 1. The molecule has 112 valence electrons. The molecule has 1 aromatic heterocycles. The van der Waals surface area contributed by atoms with Crippen molar-refractivity contribution < 1.29 is 9.90 Å². The van der Waals surface area contributed by atoms with Crippen molar-refractivity contribution in [3.63, 3.8) is 0 Å². The molecule has 0 saturated heterocycles. The number of carboxylic acids is 1. The first-order chi connectivity index (χ1) is 10.1. The molecule has 0 unspecified atom stereocenters. The van der Waals surface area contributed by atoms with Gasteiger partial charge in [0.1, 0.15) is 11.6 Å². The predicted octanol–water partition coefficient (Wildman–Crippen LogP) is 2.14. The molecule has 1 fully saturated rings. The molecule has 2 rings (SSSR count). The molecule has 6 heteroatoms. The highest BCUT2D eigenvalue weighted by Crippen LogP contribution is 2.29. The van der Waals surface area contributed by atoms with Crippen LogP contribution in [0, 0.1) is 17.2 Å². The van der Waals surface area contributed by atoms with E-state index in [0.29, 0.717) is 24.2 Å². The van der Waals surface area contributed by atoms with Gasteiger partial charge in [-0.1, -0.05) is 13.8 Å². The Labute approximate surface area is 124 Å². The molecule has 1 aromatic rings. The Kier molecular flexibility index (Phi) is 4.73. The SMILES string of the molecule is CCc1nnc(N[C@H]2CC[C@@H](C(=O)O)C2)c(C#N)c1CC. The maximum absolute atomic E-state index is 11.0. The van der Waals surface area contributed by atoms with E-state index in [1.165, 1.54) is 0 Å². The van der Waals surface area contributed by atoms with E-state index < -0.39 is 5.97 Å². The van der Waals surface area contributed by atoms with E-state index in [4.69, 9.17) is 5.11 Å². The van der Waals surface area contributed by atoms with Crippen LogP contribution in [-0.2, 0) is 17.6 Å². The Morgan fingerprint density at radius 3 is 2.67 bits per heavy atom. The number of carboxylic acid groups (broad SMARTS) is 1. The van der Waals surface area contributed by atoms with Crippen molar-refractivity contribution in [2.45, 2.75) is 52.0 Å². The van der Waals surface area contributed by atoms with Crippen LogP contribution in [0.1, 0.15) is 49.9 Å². The normalized spacial score (nSPS) is 21.0. The van der Waals surface area contributed by atoms with Gasteiger partial charge in [-0.3, -0.25) is 4.79 Å². The molecular formula is C15H20N4O2. The third-order valence-electron chi connectivity index (χ3n) is 4.08. The summed E-state index contributed by atoms with van der Waals surface area (Å²) in [5.41, 5.74) is 2.34. The first-order valence-corrected chi connectivity index (χ1v) is 7.38. The number of aliphatic carboxylic acids is 1. The van der Waals surface area contributed by atoms with Gasteiger partial charge >= 0.3 is 5.97 Å². The van der Waals surface area contributed by atoms with Gasteiger partial charge in [-0.2, -0.15) is 10.4 Å². The topological polar surface area (TPSA) is 98.9 Å². The molecule has 0 amide bonds. The summed E-state index contributed by atoms with van der Waals surface area (Å²) in [6, 6.07) is 2.26. The van der Waals surface area contributed by atoms with Crippen molar-refractivity contribution in [3.8, 4) is 6.07 Å². The molecule has 6 nitrogen and oxygen atoms in total. The van der Waals surface area contributed by atoms with Crippen LogP contribution in [0.2, 0.25) is 0 Å². The number of aromatic nitrogens is 2. The molecule has 0 spiro atoms. The molecule has 1 heterocycles. The number of hydrogen-bond acceptors (Lipinski definition) is 5. The highest BCUT2D eigenvalue weighted by molar-refractivity contribution is 5.70. The number of nitriles is 1. The summed E-state index contributed by atoms with van der Waals surface area (Å²) in [7, 11) is 0. The van der Waals surface area contributed by atoms with Gasteiger partial charge in [0.2, 0.25) is 0 Å². The van der Waals surface area contributed by atoms with Gasteiger partial charge in [-0.25, -0.2) is 0 Å². The minimum Gasteiger partial charge on any atom is -0.481 e. The zero-order valence-corrected chi connectivity index (χ0v) is 12.4. The van der Waals surface area contributed by atoms with Crippen LogP contribution in [0.3, 0.4) is 0 Å². The van der Waals surface area contributed by atoms with E-state index in [2.05, 4.69) is 21.6 Å². The maximum atomic E-state index is 11.0. The molecule has 2 atom stereocenters. The lowest BCUT2D eigenvalue weighted by Gasteiger charge is -2.16. The fourth-order valence-corrected chi connectivity index (χ4v) is 2.92. The molecule has 0 aromatic carbocycles. The Balaban J connectivity index is 2.21. The minimum absolute atomic E-state index is 0.0460. The third-order valence-corrected chi connectivity index (χ3v) is 4.08. The van der Waals surface area contributed by atoms with Crippen molar-refractivity contribution >= 4 is 11.8 Å². The number of nitrogens with one attached hydrogen (secondary N) is 1. The van der Waals surface area contributed by atoms with Crippen LogP contribution in [0.15, 0.2) is 0 Å². The van der Waals surface area contributed by atoms with Crippen molar-refractivity contribution in [3.05, 3.63) is 16.8 Å². The highest BCUT2D eigenvalue weighted by Gasteiger charge is 2.30. The van der Waals surface area contributed by atoms with Crippen molar-refractivity contribution in [2.75, 3.05) is 5.32 Å². The smallest absolute Gasteiger partial charge is 0.306 e. The molecule has 1 aliphatic carbocycles. The monoisotopic (exact) mass is 288 g/mol. The first-order valence-electron chi connectivity index (χ1n) is 7.38. The second-order valence-electron chi connectivity index (χ2n) is 5.36. The molecular weight excluding hydrogens is 268 g/mol. The molecule has 21 heavy (non-hydrogen) atoms. The second-order valence-corrected chi connectivity index (χ2v) is 5.36. The molecule has 1 aliphatic rings. The predicted molar refractivity (Wildman–Crippen MR) is 77.9 cm³/mol. The van der Waals surface area contributed by atoms with E-state index in [-0.39, 0.29) is 12.0 Å². The summed E-state index contributed by atoms with van der Waals surface area (Å²) in [6.07, 6.45) is 3.49. The van der Waals surface area contributed by atoms with Gasteiger partial charge in [0.15, 0.2) is 5.82 Å². The summed E-state index contributed by atoms with van der Waals surface area (Å²) in [5.74, 6) is -0.564. The van der Waals surface area contributed by atoms with Crippen molar-refractivity contribution in [1.29, 1.82) is 5.26 Å². The Bertz CT molecular complexity index is 580. The fourth-order valence-electron chi connectivity index (χ4n) is 2.92. The van der Waals surface area contributed by atoms with Gasteiger partial charge in [-0.15, -0.1) is 5.10 Å². The largest absolute Gasteiger partial charge is 0.481 e. The molecule has 0 radical (unpaired) electrons. The quantitative estimate of drug-likeness (QED) is 0.861. The number of aryl methyl sites for hydroxylation is 1. The number of nitrogens with zero attached hydrogens (tertiary/aromatic N) is 3. The Morgan fingerprint density at radius 1 is 1.38 bits per heavy atom. The Morgan fingerprint density at radius 2 is 2.14 bits per heavy atom.